The average Bonchev–Trinajstić information content (AvgIpc) is 2.97. The van der Waals surface area contributed by atoms with Gasteiger partial charge in [0, 0.05) is 6.42 Å². The fourth-order valence-corrected chi connectivity index (χ4v) is 6.18. The van der Waals surface area contributed by atoms with E-state index in [1.807, 2.05) is 0 Å². The number of hydrogen-bond donors (Lipinski definition) is 1. The third-order valence-corrected chi connectivity index (χ3v) is 7.67. The number of allylic oxidation sites excluding steroid dienone is 5. The normalized spacial score (nSPS) is 34.8. The molecule has 3 saturated carbocycles. The van der Waals surface area contributed by atoms with Crippen molar-refractivity contribution in [2.75, 3.05) is 0 Å². The highest BCUT2D eigenvalue weighted by Gasteiger charge is 2.50. The second kappa shape index (κ2) is 8.62. The van der Waals surface area contributed by atoms with Crippen LogP contribution in [0.1, 0.15) is 91.9 Å². The van der Waals surface area contributed by atoms with Crippen LogP contribution in [0.4, 0.5) is 0 Å². The van der Waals surface area contributed by atoms with Crippen LogP contribution in [-0.4, -0.2) is 10.7 Å². The first-order chi connectivity index (χ1) is 13.2. The number of hydrogen-bond acceptors (Lipinski definition) is 1. The van der Waals surface area contributed by atoms with Crippen molar-refractivity contribution in [1.82, 2.24) is 0 Å². The summed E-state index contributed by atoms with van der Waals surface area (Å²) in [4.78, 5) is 0. The van der Waals surface area contributed by atoms with Gasteiger partial charge in [0.2, 0.25) is 0 Å². The molecule has 1 N–H and O–H groups in total. The molecule has 0 spiro atoms. The summed E-state index contributed by atoms with van der Waals surface area (Å²) < 4.78 is 0. The fraction of sp³-hybridized carbons (Fsp3) is 0.704. The van der Waals surface area contributed by atoms with Gasteiger partial charge in [-0.15, -0.1) is 5.92 Å². The van der Waals surface area contributed by atoms with Crippen LogP contribution in [-0.2, 0) is 0 Å². The number of rotatable bonds is 3. The van der Waals surface area contributed by atoms with Gasteiger partial charge in [0.15, 0.2) is 0 Å². The van der Waals surface area contributed by atoms with E-state index >= 15 is 0 Å². The van der Waals surface area contributed by atoms with E-state index in [-0.39, 0.29) is 0 Å². The molecule has 1 heteroatoms. The van der Waals surface area contributed by atoms with Gasteiger partial charge in [-0.1, -0.05) is 49.6 Å². The van der Waals surface area contributed by atoms with Gasteiger partial charge in [-0.05, 0) is 100 Å². The fourth-order valence-electron chi connectivity index (χ4n) is 6.18. The van der Waals surface area contributed by atoms with Crippen molar-refractivity contribution < 1.29 is 5.11 Å². The van der Waals surface area contributed by atoms with Crippen molar-refractivity contribution in [1.29, 1.82) is 0 Å². The molecule has 0 aromatic rings. The smallest absolute Gasteiger partial charge is 0.119 e. The van der Waals surface area contributed by atoms with E-state index < -0.39 is 5.60 Å². The first-order valence-corrected chi connectivity index (χ1v) is 11.5. The molecule has 0 aromatic heterocycles. The Morgan fingerprint density at radius 1 is 1.18 bits per heavy atom. The monoisotopic (exact) mass is 380 g/mol. The lowest BCUT2D eigenvalue weighted by molar-refractivity contribution is 0.0990. The topological polar surface area (TPSA) is 20.2 Å². The lowest BCUT2D eigenvalue weighted by Gasteiger charge is -2.44. The van der Waals surface area contributed by atoms with E-state index in [1.165, 1.54) is 68.9 Å². The van der Waals surface area contributed by atoms with Crippen LogP contribution in [0.2, 0.25) is 0 Å². The summed E-state index contributed by atoms with van der Waals surface area (Å²) in [6.07, 6.45) is 17.4. The molecule has 3 rings (SSSR count). The van der Waals surface area contributed by atoms with Gasteiger partial charge in [-0.2, -0.15) is 0 Å². The van der Waals surface area contributed by atoms with Crippen molar-refractivity contribution in [2.45, 2.75) is 97.5 Å². The Morgan fingerprint density at radius 2 is 1.93 bits per heavy atom. The summed E-state index contributed by atoms with van der Waals surface area (Å²) in [5.74, 6) is 8.36. The molecule has 0 bridgehead atoms. The molecular weight excluding hydrogens is 340 g/mol. The van der Waals surface area contributed by atoms with Gasteiger partial charge < -0.3 is 5.11 Å². The zero-order chi connectivity index (χ0) is 20.4. The zero-order valence-corrected chi connectivity index (χ0v) is 18.6. The van der Waals surface area contributed by atoms with Gasteiger partial charge >= 0.3 is 0 Å². The second-order valence-corrected chi connectivity index (χ2v) is 10.4. The van der Waals surface area contributed by atoms with Crippen LogP contribution in [0.5, 0.6) is 0 Å². The quantitative estimate of drug-likeness (QED) is 0.523. The summed E-state index contributed by atoms with van der Waals surface area (Å²) in [5, 5.41) is 9.86. The highest BCUT2D eigenvalue weighted by atomic mass is 16.3. The molecule has 4 atom stereocenters. The molecule has 0 saturated heterocycles. The van der Waals surface area contributed by atoms with Crippen molar-refractivity contribution in [3.8, 4) is 11.8 Å². The lowest BCUT2D eigenvalue weighted by atomic mass is 9.61. The highest BCUT2D eigenvalue weighted by Crippen LogP contribution is 2.59. The molecule has 154 valence electrons. The molecule has 0 heterocycles. The van der Waals surface area contributed by atoms with E-state index in [9.17, 15) is 5.11 Å². The number of aliphatic hydroxyl groups is 1. The van der Waals surface area contributed by atoms with Crippen LogP contribution in [0.25, 0.3) is 0 Å². The molecule has 0 amide bonds. The van der Waals surface area contributed by atoms with Gasteiger partial charge in [-0.25, -0.2) is 0 Å². The predicted octanol–water partition coefficient (Wildman–Crippen LogP) is 6.99. The van der Waals surface area contributed by atoms with Crippen molar-refractivity contribution >= 4 is 0 Å². The third-order valence-electron chi connectivity index (χ3n) is 7.67. The third kappa shape index (κ3) is 4.83. The largest absolute Gasteiger partial charge is 0.378 e. The lowest BCUT2D eigenvalue weighted by Crippen LogP contribution is -2.35. The maximum Gasteiger partial charge on any atom is 0.119 e. The van der Waals surface area contributed by atoms with E-state index in [2.05, 4.69) is 44.4 Å². The average molecular weight is 381 g/mol. The summed E-state index contributed by atoms with van der Waals surface area (Å²) in [6.45, 7) is 12.8. The van der Waals surface area contributed by atoms with Crippen LogP contribution < -0.4 is 0 Å². The molecule has 3 aliphatic rings. The Balaban J connectivity index is 1.73. The molecule has 0 radical (unpaired) electrons. The minimum atomic E-state index is -0.876. The predicted molar refractivity (Wildman–Crippen MR) is 120 cm³/mol. The Bertz CT molecular complexity index is 705. The Labute approximate surface area is 173 Å². The SMILES string of the molecule is C=C1CCCCC1=CC=C1CCCC2(C)C1CCC2C(C)CC#CC(C)(C)O. The molecule has 28 heavy (non-hydrogen) atoms. The molecule has 1 nitrogen and oxygen atoms in total. The summed E-state index contributed by atoms with van der Waals surface area (Å²) in [5.41, 5.74) is 4.10. The molecule has 0 aliphatic heterocycles. The maximum atomic E-state index is 9.86. The molecular formula is C27H40O. The Hall–Kier alpha value is -1.26. The van der Waals surface area contributed by atoms with E-state index in [0.29, 0.717) is 11.3 Å². The first kappa shape index (κ1) is 21.4. The van der Waals surface area contributed by atoms with Crippen LogP contribution in [0.3, 0.4) is 0 Å². The van der Waals surface area contributed by atoms with Gasteiger partial charge in [0.1, 0.15) is 5.60 Å². The van der Waals surface area contributed by atoms with Gasteiger partial charge in [-0.3, -0.25) is 0 Å². The minimum Gasteiger partial charge on any atom is -0.378 e. The Kier molecular flexibility index (Phi) is 6.61. The summed E-state index contributed by atoms with van der Waals surface area (Å²) in [7, 11) is 0. The van der Waals surface area contributed by atoms with E-state index in [1.54, 1.807) is 19.4 Å². The highest BCUT2D eigenvalue weighted by molar-refractivity contribution is 5.35. The minimum absolute atomic E-state index is 0.419. The van der Waals surface area contributed by atoms with Crippen LogP contribution in [0.15, 0.2) is 35.5 Å². The molecule has 4 unspecified atom stereocenters. The van der Waals surface area contributed by atoms with Crippen LogP contribution >= 0.6 is 0 Å². The van der Waals surface area contributed by atoms with E-state index in [0.717, 1.165) is 18.3 Å². The Morgan fingerprint density at radius 3 is 2.64 bits per heavy atom. The second-order valence-electron chi connectivity index (χ2n) is 10.4. The van der Waals surface area contributed by atoms with Crippen molar-refractivity contribution in [2.24, 2.45) is 23.2 Å². The van der Waals surface area contributed by atoms with Crippen molar-refractivity contribution in [3.05, 3.63) is 35.5 Å². The maximum absolute atomic E-state index is 9.86. The van der Waals surface area contributed by atoms with Crippen molar-refractivity contribution in [3.63, 3.8) is 0 Å². The molecule has 3 fully saturated rings. The molecule has 0 aromatic carbocycles. The van der Waals surface area contributed by atoms with Gasteiger partial charge in [0.05, 0.1) is 0 Å². The summed E-state index contributed by atoms with van der Waals surface area (Å²) >= 11 is 0. The standard InChI is InChI=1S/C27H40O/c1-20-10-6-7-12-22(20)14-15-23-13-9-19-27(5)24(16-17-25(23)27)21(2)11-8-18-26(3,4)28/h14-15,21,24-25,28H,1,6-7,9-13,16-17,19H2,2-5H3. The van der Waals surface area contributed by atoms with E-state index in [4.69, 9.17) is 0 Å². The van der Waals surface area contributed by atoms with Gasteiger partial charge in [0.25, 0.3) is 0 Å². The summed E-state index contributed by atoms with van der Waals surface area (Å²) in [6, 6.07) is 0. The zero-order valence-electron chi connectivity index (χ0n) is 18.6. The number of fused-ring (bicyclic) bond motifs is 1. The molecule has 3 aliphatic carbocycles. The first-order valence-electron chi connectivity index (χ1n) is 11.5. The van der Waals surface area contributed by atoms with Crippen LogP contribution in [0, 0.1) is 35.0 Å².